The van der Waals surface area contributed by atoms with Gasteiger partial charge in [0.15, 0.2) is 0 Å². The second-order valence-corrected chi connectivity index (χ2v) is 6.85. The maximum Gasteiger partial charge on any atom is 0.251 e. The number of carbonyl (C=O) groups is 1. The van der Waals surface area contributed by atoms with E-state index in [0.717, 1.165) is 41.9 Å². The molecule has 27 heavy (non-hydrogen) atoms. The number of benzene rings is 2. The van der Waals surface area contributed by atoms with Crippen LogP contribution in [-0.2, 0) is 4.74 Å². The topological polar surface area (TPSA) is 60.7 Å². The molecule has 1 fully saturated rings. The molecular weight excluding hydrogens is 342 g/mol. The molecule has 3 aromatic rings. The van der Waals surface area contributed by atoms with Gasteiger partial charge in [0, 0.05) is 17.6 Å². The van der Waals surface area contributed by atoms with E-state index in [2.05, 4.69) is 5.32 Å². The Morgan fingerprint density at radius 3 is 2.78 bits per heavy atom. The van der Waals surface area contributed by atoms with Gasteiger partial charge in [-0.3, -0.25) is 4.79 Å². The SMILES string of the molecule is C[C@H](NC(=O)c1ccc(OC[C@@H]2CCCO2)cc1)c1cc2ccccc2o1. The van der Waals surface area contributed by atoms with Crippen molar-refractivity contribution in [2.75, 3.05) is 13.2 Å². The lowest BCUT2D eigenvalue weighted by Crippen LogP contribution is -2.26. The Kier molecular flexibility index (Phi) is 5.12. The first-order valence-corrected chi connectivity index (χ1v) is 9.33. The zero-order valence-corrected chi connectivity index (χ0v) is 15.3. The first kappa shape index (κ1) is 17.6. The highest BCUT2D eigenvalue weighted by Crippen LogP contribution is 2.24. The zero-order valence-electron chi connectivity index (χ0n) is 15.3. The molecule has 1 aliphatic rings. The Morgan fingerprint density at radius 1 is 1.22 bits per heavy atom. The van der Waals surface area contributed by atoms with Crippen LogP contribution in [0.15, 0.2) is 59.0 Å². The minimum Gasteiger partial charge on any atom is -0.491 e. The Bertz CT molecular complexity index is 876. The van der Waals surface area contributed by atoms with Gasteiger partial charge in [-0.1, -0.05) is 18.2 Å². The van der Waals surface area contributed by atoms with E-state index in [1.54, 1.807) is 12.1 Å². The summed E-state index contributed by atoms with van der Waals surface area (Å²) >= 11 is 0. The highest BCUT2D eigenvalue weighted by atomic mass is 16.5. The summed E-state index contributed by atoms with van der Waals surface area (Å²) in [5.74, 6) is 1.34. The van der Waals surface area contributed by atoms with E-state index >= 15 is 0 Å². The van der Waals surface area contributed by atoms with Crippen molar-refractivity contribution < 1.29 is 18.7 Å². The molecule has 0 spiro atoms. The standard InChI is InChI=1S/C22H23NO4/c1-15(21-13-17-5-2-3-7-20(17)27-21)23-22(24)16-8-10-18(11-9-16)26-14-19-6-4-12-25-19/h2-3,5,7-11,13,15,19H,4,6,12,14H2,1H3,(H,23,24)/t15-,19-/m0/s1. The average molecular weight is 365 g/mol. The average Bonchev–Trinajstić information content (AvgIpc) is 3.36. The summed E-state index contributed by atoms with van der Waals surface area (Å²) in [6, 6.07) is 16.7. The molecule has 5 nitrogen and oxygen atoms in total. The van der Waals surface area contributed by atoms with Crippen LogP contribution in [-0.4, -0.2) is 25.2 Å². The fraction of sp³-hybridized carbons (Fsp3) is 0.318. The number of ether oxygens (including phenoxy) is 2. The second kappa shape index (κ2) is 7.84. The van der Waals surface area contributed by atoms with Crippen LogP contribution in [0.1, 0.15) is 41.9 Å². The van der Waals surface area contributed by atoms with Gasteiger partial charge in [0.05, 0.1) is 12.1 Å². The molecule has 0 saturated carbocycles. The molecule has 2 aromatic carbocycles. The van der Waals surface area contributed by atoms with Gasteiger partial charge < -0.3 is 19.2 Å². The molecular formula is C22H23NO4. The van der Waals surface area contributed by atoms with E-state index in [4.69, 9.17) is 13.9 Å². The van der Waals surface area contributed by atoms with E-state index < -0.39 is 0 Å². The second-order valence-electron chi connectivity index (χ2n) is 6.85. The van der Waals surface area contributed by atoms with Crippen LogP contribution in [0.5, 0.6) is 5.75 Å². The highest BCUT2D eigenvalue weighted by molar-refractivity contribution is 5.94. The van der Waals surface area contributed by atoms with E-state index in [0.29, 0.717) is 12.2 Å². The third-order valence-electron chi connectivity index (χ3n) is 4.80. The lowest BCUT2D eigenvalue weighted by molar-refractivity contribution is 0.0679. The quantitative estimate of drug-likeness (QED) is 0.700. The predicted molar refractivity (Wildman–Crippen MR) is 103 cm³/mol. The molecule has 4 rings (SSSR count). The molecule has 1 saturated heterocycles. The summed E-state index contributed by atoms with van der Waals surface area (Å²) in [6.07, 6.45) is 2.31. The number of hydrogen-bond donors (Lipinski definition) is 1. The van der Waals surface area contributed by atoms with Gasteiger partial charge in [-0.2, -0.15) is 0 Å². The summed E-state index contributed by atoms with van der Waals surface area (Å²) in [4.78, 5) is 12.5. The van der Waals surface area contributed by atoms with Crippen molar-refractivity contribution in [2.24, 2.45) is 0 Å². The molecule has 2 atom stereocenters. The van der Waals surface area contributed by atoms with E-state index in [9.17, 15) is 4.79 Å². The Balaban J connectivity index is 1.35. The number of fused-ring (bicyclic) bond motifs is 1. The molecule has 1 aliphatic heterocycles. The third kappa shape index (κ3) is 4.14. The van der Waals surface area contributed by atoms with Crippen molar-refractivity contribution in [2.45, 2.75) is 31.9 Å². The molecule has 1 aromatic heterocycles. The summed E-state index contributed by atoms with van der Waals surface area (Å²) in [5, 5.41) is 4.01. The maximum atomic E-state index is 12.5. The minimum atomic E-state index is -0.222. The van der Waals surface area contributed by atoms with Crippen LogP contribution in [0.25, 0.3) is 11.0 Å². The summed E-state index contributed by atoms with van der Waals surface area (Å²) in [6.45, 7) is 3.28. The van der Waals surface area contributed by atoms with Crippen molar-refractivity contribution in [1.82, 2.24) is 5.32 Å². The van der Waals surface area contributed by atoms with Crippen molar-refractivity contribution in [3.63, 3.8) is 0 Å². The number of amides is 1. The van der Waals surface area contributed by atoms with Crippen LogP contribution in [0.4, 0.5) is 0 Å². The van der Waals surface area contributed by atoms with Crippen LogP contribution in [0.3, 0.4) is 0 Å². The van der Waals surface area contributed by atoms with E-state index in [1.165, 1.54) is 0 Å². The Hall–Kier alpha value is -2.79. The molecule has 0 radical (unpaired) electrons. The summed E-state index contributed by atoms with van der Waals surface area (Å²) < 4.78 is 17.1. The van der Waals surface area contributed by atoms with Gasteiger partial charge in [0.1, 0.15) is 23.7 Å². The first-order valence-electron chi connectivity index (χ1n) is 9.33. The number of para-hydroxylation sites is 1. The number of hydrogen-bond acceptors (Lipinski definition) is 4. The number of furan rings is 1. The minimum absolute atomic E-state index is 0.145. The molecule has 0 aliphatic carbocycles. The van der Waals surface area contributed by atoms with Gasteiger partial charge in [0.25, 0.3) is 5.91 Å². The number of rotatable bonds is 6. The fourth-order valence-electron chi connectivity index (χ4n) is 3.23. The molecule has 0 bridgehead atoms. The molecule has 1 N–H and O–H groups in total. The van der Waals surface area contributed by atoms with Crippen molar-refractivity contribution >= 4 is 16.9 Å². The monoisotopic (exact) mass is 365 g/mol. The van der Waals surface area contributed by atoms with Crippen LogP contribution in [0, 0.1) is 0 Å². The largest absolute Gasteiger partial charge is 0.491 e. The summed E-state index contributed by atoms with van der Waals surface area (Å²) in [7, 11) is 0. The smallest absolute Gasteiger partial charge is 0.251 e. The Labute approximate surface area is 158 Å². The van der Waals surface area contributed by atoms with Crippen LogP contribution >= 0.6 is 0 Å². The highest BCUT2D eigenvalue weighted by Gasteiger charge is 2.17. The van der Waals surface area contributed by atoms with E-state index in [1.807, 2.05) is 49.4 Å². The molecule has 5 heteroatoms. The number of carbonyl (C=O) groups excluding carboxylic acids is 1. The summed E-state index contributed by atoms with van der Waals surface area (Å²) in [5.41, 5.74) is 1.41. The van der Waals surface area contributed by atoms with Crippen molar-refractivity contribution in [3.8, 4) is 5.75 Å². The predicted octanol–water partition coefficient (Wildman–Crippen LogP) is 4.48. The lowest BCUT2D eigenvalue weighted by atomic mass is 10.1. The lowest BCUT2D eigenvalue weighted by Gasteiger charge is -2.13. The normalized spacial score (nSPS) is 17.7. The van der Waals surface area contributed by atoms with Crippen molar-refractivity contribution in [3.05, 3.63) is 65.9 Å². The van der Waals surface area contributed by atoms with Gasteiger partial charge in [-0.15, -0.1) is 0 Å². The van der Waals surface area contributed by atoms with E-state index in [-0.39, 0.29) is 18.1 Å². The zero-order chi connectivity index (χ0) is 18.6. The van der Waals surface area contributed by atoms with Gasteiger partial charge in [-0.25, -0.2) is 0 Å². The fourth-order valence-corrected chi connectivity index (χ4v) is 3.23. The Morgan fingerprint density at radius 2 is 2.04 bits per heavy atom. The van der Waals surface area contributed by atoms with Crippen LogP contribution in [0.2, 0.25) is 0 Å². The third-order valence-corrected chi connectivity index (χ3v) is 4.80. The molecule has 1 amide bonds. The molecule has 0 unspecified atom stereocenters. The van der Waals surface area contributed by atoms with Gasteiger partial charge >= 0.3 is 0 Å². The van der Waals surface area contributed by atoms with Crippen molar-refractivity contribution in [1.29, 1.82) is 0 Å². The first-order chi connectivity index (χ1) is 13.2. The molecule has 140 valence electrons. The van der Waals surface area contributed by atoms with Gasteiger partial charge in [0.2, 0.25) is 0 Å². The van der Waals surface area contributed by atoms with Gasteiger partial charge in [-0.05, 0) is 56.2 Å². The number of nitrogens with one attached hydrogen (secondary N) is 1. The molecule has 2 heterocycles. The van der Waals surface area contributed by atoms with Crippen LogP contribution < -0.4 is 10.1 Å². The maximum absolute atomic E-state index is 12.5.